The van der Waals surface area contributed by atoms with Crippen molar-refractivity contribution < 1.29 is 32.9 Å². The van der Waals surface area contributed by atoms with Gasteiger partial charge in [-0.3, -0.25) is 13.8 Å². The summed E-state index contributed by atoms with van der Waals surface area (Å²) in [6.45, 7) is 4.85. The third kappa shape index (κ3) is 52.8. The average molecular weight is 983 g/mol. The molecule has 3 atom stereocenters. The molecule has 0 fully saturated rings. The van der Waals surface area contributed by atoms with Crippen LogP contribution in [0.2, 0.25) is 0 Å². The molecule has 0 heterocycles. The maximum absolute atomic E-state index is 13.0. The second kappa shape index (κ2) is 50.9. The summed E-state index contributed by atoms with van der Waals surface area (Å²) < 4.78 is 23.7. The number of likely N-dealkylation sites (N-methyl/N-ethyl adjacent to an activating group) is 1. The number of quaternary nitrogens is 1. The van der Waals surface area contributed by atoms with Gasteiger partial charge >= 0.3 is 7.82 Å². The number of nitrogens with one attached hydrogen (secondary N) is 1. The van der Waals surface area contributed by atoms with Crippen molar-refractivity contribution >= 4 is 13.7 Å². The van der Waals surface area contributed by atoms with E-state index in [4.69, 9.17) is 9.05 Å². The van der Waals surface area contributed by atoms with Gasteiger partial charge in [0.15, 0.2) is 0 Å². The van der Waals surface area contributed by atoms with E-state index in [-0.39, 0.29) is 19.1 Å². The van der Waals surface area contributed by atoms with Crippen molar-refractivity contribution in [2.75, 3.05) is 40.9 Å². The van der Waals surface area contributed by atoms with Gasteiger partial charge in [0.05, 0.1) is 39.9 Å². The van der Waals surface area contributed by atoms with Crippen LogP contribution in [-0.2, 0) is 18.4 Å². The van der Waals surface area contributed by atoms with Gasteiger partial charge < -0.3 is 19.8 Å². The highest BCUT2D eigenvalue weighted by atomic mass is 31.2. The summed E-state index contributed by atoms with van der Waals surface area (Å²) in [5.74, 6) is -0.180. The summed E-state index contributed by atoms with van der Waals surface area (Å²) >= 11 is 0. The van der Waals surface area contributed by atoms with Crippen molar-refractivity contribution in [3.8, 4) is 0 Å². The summed E-state index contributed by atoms with van der Waals surface area (Å²) in [6, 6.07) is -0.860. The molecule has 0 aromatic heterocycles. The van der Waals surface area contributed by atoms with Crippen molar-refractivity contribution in [1.29, 1.82) is 0 Å². The molecule has 0 bridgehead atoms. The fourth-order valence-electron chi connectivity index (χ4n) is 9.00. The van der Waals surface area contributed by atoms with Gasteiger partial charge in [-0.1, -0.05) is 282 Å². The zero-order chi connectivity index (χ0) is 49.9. The highest BCUT2D eigenvalue weighted by Crippen LogP contribution is 2.43. The first-order valence-corrected chi connectivity index (χ1v) is 31.2. The number of rotatable bonds is 55. The van der Waals surface area contributed by atoms with Gasteiger partial charge in [0.25, 0.3) is 0 Å². The zero-order valence-electron chi connectivity index (χ0n) is 46.1. The predicted octanol–water partition coefficient (Wildman–Crippen LogP) is 18.0. The lowest BCUT2D eigenvalue weighted by atomic mass is 10.0. The van der Waals surface area contributed by atoms with Crippen molar-refractivity contribution in [3.63, 3.8) is 0 Å². The molecule has 0 radical (unpaired) electrons. The van der Waals surface area contributed by atoms with Gasteiger partial charge in [-0.05, 0) is 32.1 Å². The first kappa shape index (κ1) is 67.0. The fraction of sp³-hybridized carbons (Fsp3) is 0.915. The van der Waals surface area contributed by atoms with Gasteiger partial charge in [0.1, 0.15) is 13.2 Å². The quantitative estimate of drug-likeness (QED) is 0.0243. The van der Waals surface area contributed by atoms with E-state index >= 15 is 0 Å². The molecule has 0 aliphatic rings. The zero-order valence-corrected chi connectivity index (χ0v) is 47.0. The number of phosphoric acid groups is 1. The molecule has 0 rings (SSSR count). The van der Waals surface area contributed by atoms with E-state index in [9.17, 15) is 19.4 Å². The Balaban J connectivity index is 4.21. The van der Waals surface area contributed by atoms with Crippen LogP contribution in [0.4, 0.5) is 0 Å². The molecule has 3 unspecified atom stereocenters. The van der Waals surface area contributed by atoms with E-state index in [2.05, 4.69) is 31.3 Å². The first-order chi connectivity index (χ1) is 33.0. The lowest BCUT2D eigenvalue weighted by molar-refractivity contribution is -0.870. The molecule has 0 aromatic carbocycles. The number of aliphatic hydroxyl groups excluding tert-OH is 1. The minimum Gasteiger partial charge on any atom is -0.387 e. The minimum atomic E-state index is -4.35. The average Bonchev–Trinajstić information content (AvgIpc) is 3.30. The predicted molar refractivity (Wildman–Crippen MR) is 295 cm³/mol. The Morgan fingerprint density at radius 2 is 0.809 bits per heavy atom. The monoisotopic (exact) mass is 982 g/mol. The fourth-order valence-corrected chi connectivity index (χ4v) is 9.74. The minimum absolute atomic E-state index is 0.0588. The molecular weight excluding hydrogens is 864 g/mol. The van der Waals surface area contributed by atoms with E-state index in [1.54, 1.807) is 6.08 Å². The molecule has 68 heavy (non-hydrogen) atoms. The van der Waals surface area contributed by atoms with Crippen LogP contribution in [0.1, 0.15) is 296 Å². The maximum atomic E-state index is 13.0. The molecule has 3 N–H and O–H groups in total. The van der Waals surface area contributed by atoms with Crippen LogP contribution in [0.25, 0.3) is 0 Å². The summed E-state index contributed by atoms with van der Waals surface area (Å²) in [5.41, 5.74) is 0. The van der Waals surface area contributed by atoms with Crippen LogP contribution >= 0.6 is 7.82 Å². The summed E-state index contributed by atoms with van der Waals surface area (Å²) in [6.07, 6.45) is 64.3. The SMILES string of the molecule is CCCCCCCCCCCCCCCCCCCCC/C=C/CC/C=C/C(O)C(COP(=O)(O)OCC[N+](C)(C)C)NC(=O)CCCCCCCCCCCCCCCCCCCCCCC. The number of hydrogen-bond donors (Lipinski definition) is 3. The number of phosphoric ester groups is 1. The lowest BCUT2D eigenvalue weighted by Gasteiger charge is -2.25. The molecule has 1 amide bonds. The number of hydrogen-bond acceptors (Lipinski definition) is 5. The van der Waals surface area contributed by atoms with Crippen molar-refractivity contribution in [2.24, 2.45) is 0 Å². The van der Waals surface area contributed by atoms with Crippen LogP contribution in [-0.4, -0.2) is 73.4 Å². The van der Waals surface area contributed by atoms with Crippen LogP contribution in [0.15, 0.2) is 24.3 Å². The molecule has 0 saturated heterocycles. The van der Waals surface area contributed by atoms with E-state index in [1.807, 2.05) is 27.2 Å². The highest BCUT2D eigenvalue weighted by Gasteiger charge is 2.27. The summed E-state index contributed by atoms with van der Waals surface area (Å²) in [5, 5.41) is 13.9. The van der Waals surface area contributed by atoms with Gasteiger partial charge in [-0.2, -0.15) is 0 Å². The Morgan fingerprint density at radius 1 is 0.485 bits per heavy atom. The number of nitrogens with zero attached hydrogens (tertiary/aromatic N) is 1. The second-order valence-corrected chi connectivity index (χ2v) is 23.2. The third-order valence-corrected chi connectivity index (χ3v) is 14.7. The third-order valence-electron chi connectivity index (χ3n) is 13.7. The van der Waals surface area contributed by atoms with E-state index in [0.717, 1.165) is 38.5 Å². The molecule has 0 aromatic rings. The van der Waals surface area contributed by atoms with Gasteiger partial charge in [0, 0.05) is 6.42 Å². The van der Waals surface area contributed by atoms with E-state index in [1.165, 1.54) is 238 Å². The van der Waals surface area contributed by atoms with Crippen molar-refractivity contribution in [1.82, 2.24) is 5.32 Å². The maximum Gasteiger partial charge on any atom is 0.472 e. The van der Waals surface area contributed by atoms with Crippen molar-refractivity contribution in [2.45, 2.75) is 309 Å². The molecule has 9 heteroatoms. The second-order valence-electron chi connectivity index (χ2n) is 21.7. The first-order valence-electron chi connectivity index (χ1n) is 29.7. The molecule has 404 valence electrons. The summed E-state index contributed by atoms with van der Waals surface area (Å²) in [4.78, 5) is 23.3. The number of aliphatic hydroxyl groups is 1. The topological polar surface area (TPSA) is 105 Å². The number of unbranched alkanes of at least 4 members (excludes halogenated alkanes) is 40. The number of carbonyl (C=O) groups excluding carboxylic acids is 1. The Labute approximate surface area is 424 Å². The highest BCUT2D eigenvalue weighted by molar-refractivity contribution is 7.47. The van der Waals surface area contributed by atoms with E-state index in [0.29, 0.717) is 17.4 Å². The van der Waals surface area contributed by atoms with Crippen LogP contribution in [0.3, 0.4) is 0 Å². The Bertz CT molecular complexity index is 1160. The smallest absolute Gasteiger partial charge is 0.387 e. The Kier molecular flexibility index (Phi) is 50.1. The molecule has 8 nitrogen and oxygen atoms in total. The molecule has 0 spiro atoms. The van der Waals surface area contributed by atoms with Crippen LogP contribution < -0.4 is 5.32 Å². The number of carbonyl (C=O) groups is 1. The van der Waals surface area contributed by atoms with Gasteiger partial charge in [-0.15, -0.1) is 0 Å². The van der Waals surface area contributed by atoms with Crippen LogP contribution in [0, 0.1) is 0 Å². The molecule has 0 saturated carbocycles. The summed E-state index contributed by atoms with van der Waals surface area (Å²) in [7, 11) is 1.57. The standard InChI is InChI=1S/C59H117N2O6P/c1-6-8-10-12-14-16-18-20-22-24-26-28-29-30-31-33-34-36-38-40-42-44-46-48-50-52-58(62)57(56-67-68(64,65)66-55-54-61(3,4)5)60-59(63)53-51-49-47-45-43-41-39-37-35-32-27-25-23-21-19-17-15-13-11-9-7-2/h42,44,50,52,57-58,62H,6-41,43,45-49,51,53-56H2,1-5H3,(H-,60,63,64,65)/p+1/b44-42+,52-50+. The molecular formula is C59H118N2O6P+. The largest absolute Gasteiger partial charge is 0.472 e. The lowest BCUT2D eigenvalue weighted by Crippen LogP contribution is -2.45. The Hall–Kier alpha value is -1.02. The molecule has 0 aliphatic carbocycles. The molecule has 0 aliphatic heterocycles. The number of allylic oxidation sites excluding steroid dienone is 3. The van der Waals surface area contributed by atoms with Crippen LogP contribution in [0.5, 0.6) is 0 Å². The van der Waals surface area contributed by atoms with Gasteiger partial charge in [0.2, 0.25) is 5.91 Å². The number of amides is 1. The normalized spacial score (nSPS) is 14.0. The van der Waals surface area contributed by atoms with Crippen molar-refractivity contribution in [3.05, 3.63) is 24.3 Å². The Morgan fingerprint density at radius 3 is 1.18 bits per heavy atom. The van der Waals surface area contributed by atoms with E-state index < -0.39 is 20.0 Å². The van der Waals surface area contributed by atoms with Gasteiger partial charge in [-0.25, -0.2) is 4.57 Å².